The third kappa shape index (κ3) is 4.92. The third-order valence-corrected chi connectivity index (χ3v) is 5.40. The van der Waals surface area contributed by atoms with Crippen molar-refractivity contribution in [1.82, 2.24) is 20.1 Å². The van der Waals surface area contributed by atoms with Crippen molar-refractivity contribution in [1.29, 1.82) is 0 Å². The summed E-state index contributed by atoms with van der Waals surface area (Å²) in [5.74, 6) is 1.31. The molecule has 0 atom stereocenters. The molecule has 0 bridgehead atoms. The molecule has 1 aliphatic heterocycles. The van der Waals surface area contributed by atoms with Gasteiger partial charge in [-0.3, -0.25) is 0 Å². The molecule has 3 heterocycles. The zero-order valence-electron chi connectivity index (χ0n) is 18.2. The summed E-state index contributed by atoms with van der Waals surface area (Å²) in [6.45, 7) is 5.38. The lowest BCUT2D eigenvalue weighted by molar-refractivity contribution is 0.235. The van der Waals surface area contributed by atoms with Crippen LogP contribution in [0.4, 0.5) is 16.0 Å². The zero-order chi connectivity index (χ0) is 22.6. The van der Waals surface area contributed by atoms with E-state index in [-0.39, 0.29) is 18.3 Å². The molecule has 1 saturated heterocycles. The quantitative estimate of drug-likeness (QED) is 0.442. The number of hydrogen-bond acceptors (Lipinski definition) is 8. The lowest BCUT2D eigenvalue weighted by Crippen LogP contribution is -2.47. The number of hydrogen-bond donors (Lipinski definition) is 0. The van der Waals surface area contributed by atoms with E-state index in [1.165, 1.54) is 17.8 Å². The number of aryl methyl sites for hydroxylation is 1. The van der Waals surface area contributed by atoms with Gasteiger partial charge in [-0.05, 0) is 31.2 Å². The molecule has 9 heteroatoms. The summed E-state index contributed by atoms with van der Waals surface area (Å²) in [7, 11) is 0. The van der Waals surface area contributed by atoms with Crippen LogP contribution in [0.15, 0.2) is 65.2 Å². The first-order valence-corrected chi connectivity index (χ1v) is 10.8. The van der Waals surface area contributed by atoms with Crippen LogP contribution in [0.5, 0.6) is 5.88 Å². The Morgan fingerprint density at radius 3 is 2.48 bits per heavy atom. The van der Waals surface area contributed by atoms with E-state index in [4.69, 9.17) is 9.26 Å². The average molecular weight is 446 g/mol. The second-order valence-corrected chi connectivity index (χ2v) is 7.77. The van der Waals surface area contributed by atoms with Gasteiger partial charge in [-0.25, -0.2) is 9.37 Å². The molecule has 2 aromatic carbocycles. The van der Waals surface area contributed by atoms with Crippen molar-refractivity contribution in [3.63, 3.8) is 0 Å². The Morgan fingerprint density at radius 2 is 1.70 bits per heavy atom. The van der Waals surface area contributed by atoms with E-state index in [1.54, 1.807) is 18.2 Å². The summed E-state index contributed by atoms with van der Waals surface area (Å²) in [6.07, 6.45) is 0. The molecule has 0 aliphatic carbocycles. The highest BCUT2D eigenvalue weighted by Gasteiger charge is 2.20. The Balaban J connectivity index is 1.23. The smallest absolute Gasteiger partial charge is 0.264 e. The maximum atomic E-state index is 13.4. The molecular weight excluding hydrogens is 423 g/mol. The lowest BCUT2D eigenvalue weighted by Gasteiger charge is -2.36. The number of halogens is 1. The Kier molecular flexibility index (Phi) is 5.84. The number of nitrogens with zero attached hydrogens (tertiary/aromatic N) is 6. The van der Waals surface area contributed by atoms with E-state index in [9.17, 15) is 4.39 Å². The number of rotatable bonds is 6. The van der Waals surface area contributed by atoms with Gasteiger partial charge < -0.3 is 19.1 Å². The van der Waals surface area contributed by atoms with Crippen LogP contribution in [0.3, 0.4) is 0 Å². The molecule has 1 fully saturated rings. The number of ether oxygens (including phenoxy) is 1. The van der Waals surface area contributed by atoms with Crippen LogP contribution < -0.4 is 14.5 Å². The SMILES string of the molecule is Cc1cc(OCc2nc(-c3cccc(F)c3)no2)nc(N2CCN(c3ccccc3)CC2)n1. The number of anilines is 2. The highest BCUT2D eigenvalue weighted by atomic mass is 19.1. The fourth-order valence-corrected chi connectivity index (χ4v) is 3.74. The molecule has 0 saturated carbocycles. The van der Waals surface area contributed by atoms with Crippen LogP contribution in [0.2, 0.25) is 0 Å². The predicted molar refractivity (Wildman–Crippen MR) is 122 cm³/mol. The fourth-order valence-electron chi connectivity index (χ4n) is 3.74. The zero-order valence-corrected chi connectivity index (χ0v) is 18.2. The molecule has 5 rings (SSSR count). The van der Waals surface area contributed by atoms with Crippen molar-refractivity contribution in [3.8, 4) is 17.3 Å². The second kappa shape index (κ2) is 9.23. The van der Waals surface area contributed by atoms with Gasteiger partial charge >= 0.3 is 0 Å². The van der Waals surface area contributed by atoms with Gasteiger partial charge in [0.1, 0.15) is 5.82 Å². The number of benzene rings is 2. The van der Waals surface area contributed by atoms with Crippen LogP contribution in [0.25, 0.3) is 11.4 Å². The monoisotopic (exact) mass is 446 g/mol. The van der Waals surface area contributed by atoms with Gasteiger partial charge in [0, 0.05) is 49.2 Å². The van der Waals surface area contributed by atoms with Gasteiger partial charge in [0.2, 0.25) is 17.7 Å². The largest absolute Gasteiger partial charge is 0.467 e. The van der Waals surface area contributed by atoms with Gasteiger partial charge in [-0.1, -0.05) is 35.5 Å². The van der Waals surface area contributed by atoms with E-state index in [2.05, 4.69) is 54.2 Å². The standard InChI is InChI=1S/C24H23FN6O2/c1-17-14-21(32-16-22-27-23(29-33-22)18-6-5-7-19(25)15-18)28-24(26-17)31-12-10-30(11-13-31)20-8-3-2-4-9-20/h2-9,14-15H,10-13,16H2,1H3. The number of piperazine rings is 1. The first-order chi connectivity index (χ1) is 16.1. The van der Waals surface area contributed by atoms with Gasteiger partial charge in [-0.15, -0.1) is 0 Å². The summed E-state index contributed by atoms with van der Waals surface area (Å²) < 4.78 is 24.5. The van der Waals surface area contributed by atoms with Gasteiger partial charge in [0.25, 0.3) is 5.89 Å². The van der Waals surface area contributed by atoms with Crippen molar-refractivity contribution in [2.75, 3.05) is 36.0 Å². The molecule has 4 aromatic rings. The van der Waals surface area contributed by atoms with Gasteiger partial charge in [0.15, 0.2) is 6.61 Å². The van der Waals surface area contributed by atoms with E-state index in [1.807, 2.05) is 13.0 Å². The van der Waals surface area contributed by atoms with Crippen molar-refractivity contribution >= 4 is 11.6 Å². The van der Waals surface area contributed by atoms with Crippen molar-refractivity contribution < 1.29 is 13.7 Å². The molecule has 0 N–H and O–H groups in total. The summed E-state index contributed by atoms with van der Waals surface area (Å²) in [4.78, 5) is 18.0. The molecule has 0 radical (unpaired) electrons. The minimum Gasteiger partial charge on any atom is -0.467 e. The summed E-state index contributed by atoms with van der Waals surface area (Å²) >= 11 is 0. The maximum absolute atomic E-state index is 13.4. The minimum absolute atomic E-state index is 0.0555. The van der Waals surface area contributed by atoms with Crippen LogP contribution in [-0.2, 0) is 6.61 Å². The summed E-state index contributed by atoms with van der Waals surface area (Å²) in [5, 5.41) is 3.90. The Bertz CT molecular complexity index is 1220. The van der Waals surface area contributed by atoms with E-state index in [0.29, 0.717) is 23.2 Å². The first kappa shape index (κ1) is 20.9. The van der Waals surface area contributed by atoms with Crippen LogP contribution in [-0.4, -0.2) is 46.3 Å². The number of para-hydroxylation sites is 1. The van der Waals surface area contributed by atoms with E-state index in [0.717, 1.165) is 31.9 Å². The Labute approximate surface area is 190 Å². The van der Waals surface area contributed by atoms with Crippen molar-refractivity contribution in [2.45, 2.75) is 13.5 Å². The van der Waals surface area contributed by atoms with Crippen LogP contribution >= 0.6 is 0 Å². The molecule has 0 spiro atoms. The highest BCUT2D eigenvalue weighted by molar-refractivity contribution is 5.53. The van der Waals surface area contributed by atoms with Gasteiger partial charge in [-0.2, -0.15) is 9.97 Å². The molecule has 1 aliphatic rings. The molecule has 8 nitrogen and oxygen atoms in total. The molecule has 0 unspecified atom stereocenters. The molecule has 33 heavy (non-hydrogen) atoms. The first-order valence-electron chi connectivity index (χ1n) is 10.8. The topological polar surface area (TPSA) is 80.4 Å². The molecule has 168 valence electrons. The minimum atomic E-state index is -0.358. The van der Waals surface area contributed by atoms with Crippen molar-refractivity contribution in [2.24, 2.45) is 0 Å². The molecule has 0 amide bonds. The third-order valence-electron chi connectivity index (χ3n) is 5.40. The average Bonchev–Trinajstić information content (AvgIpc) is 3.32. The molecule has 2 aromatic heterocycles. The van der Waals surface area contributed by atoms with E-state index < -0.39 is 0 Å². The maximum Gasteiger partial charge on any atom is 0.264 e. The highest BCUT2D eigenvalue weighted by Crippen LogP contribution is 2.21. The molecular formula is C24H23FN6O2. The van der Waals surface area contributed by atoms with Crippen LogP contribution in [0, 0.1) is 12.7 Å². The van der Waals surface area contributed by atoms with Crippen LogP contribution in [0.1, 0.15) is 11.6 Å². The Hall–Kier alpha value is -4.01. The fraction of sp³-hybridized carbons (Fsp3) is 0.250. The lowest BCUT2D eigenvalue weighted by atomic mass is 10.2. The van der Waals surface area contributed by atoms with E-state index >= 15 is 0 Å². The summed E-state index contributed by atoms with van der Waals surface area (Å²) in [5.41, 5.74) is 2.58. The predicted octanol–water partition coefficient (Wildman–Crippen LogP) is 3.88. The summed E-state index contributed by atoms with van der Waals surface area (Å²) in [6, 6.07) is 18.2. The number of aromatic nitrogens is 4. The van der Waals surface area contributed by atoms with Gasteiger partial charge in [0.05, 0.1) is 0 Å². The second-order valence-electron chi connectivity index (χ2n) is 7.77. The normalized spacial score (nSPS) is 13.9. The van der Waals surface area contributed by atoms with Crippen molar-refractivity contribution in [3.05, 3.63) is 78.1 Å². The Morgan fingerprint density at radius 1 is 0.909 bits per heavy atom.